The Balaban J connectivity index is 1.33. The smallest absolute Gasteiger partial charge is 0.315 e. The monoisotopic (exact) mass is 432 g/mol. The molecule has 3 atom stereocenters. The van der Waals surface area contributed by atoms with E-state index in [4.69, 9.17) is 14.2 Å². The third-order valence-electron chi connectivity index (χ3n) is 4.66. The molecule has 0 saturated carbocycles. The summed E-state index contributed by atoms with van der Waals surface area (Å²) in [6, 6.07) is 0.427. The van der Waals surface area contributed by atoms with Crippen LogP contribution in [0.2, 0.25) is 0 Å². The van der Waals surface area contributed by atoms with E-state index in [0.29, 0.717) is 57.7 Å². The highest BCUT2D eigenvalue weighted by atomic mass is 32.2. The van der Waals surface area contributed by atoms with Gasteiger partial charge in [-0.05, 0) is 12.8 Å². The molecule has 0 aliphatic carbocycles. The predicted octanol–water partition coefficient (Wildman–Crippen LogP) is -0.418. The van der Waals surface area contributed by atoms with Crippen molar-refractivity contribution in [1.82, 2.24) is 21.3 Å². The molecule has 4 N–H and O–H groups in total. The zero-order valence-electron chi connectivity index (χ0n) is 16.7. The number of hydrogen-bond acceptors (Lipinski definition) is 7. The van der Waals surface area contributed by atoms with E-state index >= 15 is 0 Å². The van der Waals surface area contributed by atoms with Crippen molar-refractivity contribution in [2.45, 2.75) is 43.0 Å². The molecule has 2 rings (SSSR count). The van der Waals surface area contributed by atoms with Crippen LogP contribution in [0.4, 0.5) is 4.79 Å². The third kappa shape index (κ3) is 9.66. The van der Waals surface area contributed by atoms with Gasteiger partial charge in [0, 0.05) is 24.0 Å². The lowest BCUT2D eigenvalue weighted by atomic mass is 10.0. The fraction of sp³-hybridized carbons (Fsp3) is 0.833. The minimum Gasteiger partial charge on any atom is -0.377 e. The van der Waals surface area contributed by atoms with Gasteiger partial charge >= 0.3 is 6.03 Å². The molecule has 3 unspecified atom stereocenters. The summed E-state index contributed by atoms with van der Waals surface area (Å²) in [5.41, 5.74) is 0. The maximum Gasteiger partial charge on any atom is 0.315 e. The van der Waals surface area contributed by atoms with Gasteiger partial charge in [0.2, 0.25) is 12.3 Å². The Kier molecular flexibility index (Phi) is 11.8. The maximum atomic E-state index is 11.8. The van der Waals surface area contributed by atoms with Gasteiger partial charge in [-0.3, -0.25) is 9.59 Å². The van der Waals surface area contributed by atoms with Crippen molar-refractivity contribution in [2.75, 3.05) is 52.1 Å². The molecule has 0 aromatic rings. The number of carbonyl (C=O) groups is 3. The van der Waals surface area contributed by atoms with E-state index in [-0.39, 0.29) is 30.8 Å². The Hall–Kier alpha value is -1.56. The Morgan fingerprint density at radius 3 is 2.66 bits per heavy atom. The highest BCUT2D eigenvalue weighted by Gasteiger charge is 2.42. The summed E-state index contributed by atoms with van der Waals surface area (Å²) in [5, 5.41) is 11.6. The average molecular weight is 433 g/mol. The fourth-order valence-electron chi connectivity index (χ4n) is 3.23. The number of thioether (sulfide) groups is 1. The molecule has 0 aromatic heterocycles. The van der Waals surface area contributed by atoms with Crippen LogP contribution in [-0.4, -0.2) is 87.7 Å². The van der Waals surface area contributed by atoms with E-state index in [2.05, 4.69) is 21.3 Å². The first kappa shape index (κ1) is 23.7. The number of rotatable bonds is 17. The van der Waals surface area contributed by atoms with Crippen molar-refractivity contribution in [1.29, 1.82) is 0 Å². The van der Waals surface area contributed by atoms with Gasteiger partial charge in [-0.2, -0.15) is 11.8 Å². The summed E-state index contributed by atoms with van der Waals surface area (Å²) in [7, 11) is 0. The van der Waals surface area contributed by atoms with Gasteiger partial charge in [-0.25, -0.2) is 4.79 Å². The van der Waals surface area contributed by atoms with Crippen LogP contribution < -0.4 is 21.3 Å². The van der Waals surface area contributed by atoms with Crippen LogP contribution >= 0.6 is 11.8 Å². The Labute approximate surface area is 175 Å². The quantitative estimate of drug-likeness (QED) is 0.106. The van der Waals surface area contributed by atoms with Crippen molar-refractivity contribution in [3.8, 4) is 0 Å². The summed E-state index contributed by atoms with van der Waals surface area (Å²) >= 11 is 1.90. The molecule has 0 radical (unpaired) electrons. The van der Waals surface area contributed by atoms with E-state index in [9.17, 15) is 14.4 Å². The van der Waals surface area contributed by atoms with Gasteiger partial charge in [0.1, 0.15) is 6.73 Å². The van der Waals surface area contributed by atoms with Crippen LogP contribution in [-0.2, 0) is 23.8 Å². The third-order valence-corrected chi connectivity index (χ3v) is 6.17. The number of nitrogens with one attached hydrogen (secondary N) is 4. The highest BCUT2D eigenvalue weighted by molar-refractivity contribution is 8.00. The average Bonchev–Trinajstić information content (AvgIpc) is 3.25. The predicted molar refractivity (Wildman–Crippen MR) is 109 cm³/mol. The van der Waals surface area contributed by atoms with E-state index in [1.54, 1.807) is 0 Å². The summed E-state index contributed by atoms with van der Waals surface area (Å²) in [6.07, 6.45) is 3.93. The number of fused-ring (bicyclic) bond motifs is 1. The molecular weight excluding hydrogens is 400 g/mol. The zero-order chi connectivity index (χ0) is 20.7. The second-order valence-electron chi connectivity index (χ2n) is 6.82. The Morgan fingerprint density at radius 2 is 1.86 bits per heavy atom. The number of ether oxygens (including phenoxy) is 3. The first-order valence-corrected chi connectivity index (χ1v) is 11.1. The van der Waals surface area contributed by atoms with Crippen molar-refractivity contribution < 1.29 is 28.6 Å². The molecule has 29 heavy (non-hydrogen) atoms. The van der Waals surface area contributed by atoms with E-state index in [0.717, 1.165) is 25.0 Å². The minimum atomic E-state index is -0.0592. The van der Waals surface area contributed by atoms with E-state index in [1.807, 2.05) is 11.8 Å². The molecule has 10 nitrogen and oxygen atoms in total. The largest absolute Gasteiger partial charge is 0.377 e. The standard InChI is InChI=1S/C18H32N4O6S/c23-12-19-13-28-10-9-27-8-7-26-6-5-20-16(24)4-2-1-3-15-17-14(11-29-15)21-18(25)22-17/h12,14-15,17H,1-11,13H2,(H,19,23)(H,20,24)(H2,21,22,25). The van der Waals surface area contributed by atoms with E-state index < -0.39 is 0 Å². The molecule has 2 saturated heterocycles. The summed E-state index contributed by atoms with van der Waals surface area (Å²) < 4.78 is 15.7. The van der Waals surface area contributed by atoms with E-state index in [1.165, 1.54) is 0 Å². The van der Waals surface area contributed by atoms with Gasteiger partial charge in [-0.1, -0.05) is 6.42 Å². The first-order chi connectivity index (χ1) is 14.2. The van der Waals surface area contributed by atoms with Gasteiger partial charge < -0.3 is 35.5 Å². The van der Waals surface area contributed by atoms with Crippen LogP contribution in [0.25, 0.3) is 0 Å². The normalized spacial score (nSPS) is 22.6. The molecule has 2 heterocycles. The molecule has 11 heteroatoms. The number of unbranched alkanes of at least 4 members (excludes halogenated alkanes) is 1. The number of hydrogen-bond donors (Lipinski definition) is 4. The summed E-state index contributed by atoms with van der Waals surface area (Å²) in [6.45, 7) is 2.86. The van der Waals surface area contributed by atoms with Crippen molar-refractivity contribution in [3.63, 3.8) is 0 Å². The lowest BCUT2D eigenvalue weighted by Crippen LogP contribution is -2.36. The molecule has 2 aliphatic heterocycles. The molecule has 166 valence electrons. The summed E-state index contributed by atoms with van der Waals surface area (Å²) in [4.78, 5) is 33.2. The molecule has 0 bridgehead atoms. The SMILES string of the molecule is O=CNCOCCOCCOCCNC(=O)CCCCC1SCC2NC(=O)NC21. The van der Waals surface area contributed by atoms with Gasteiger partial charge in [0.05, 0.1) is 45.1 Å². The molecule has 4 amide bonds. The first-order valence-electron chi connectivity index (χ1n) is 10.1. The number of amides is 4. The maximum absolute atomic E-state index is 11.8. The number of carbonyl (C=O) groups excluding carboxylic acids is 3. The topological polar surface area (TPSA) is 127 Å². The van der Waals surface area contributed by atoms with Crippen LogP contribution in [0, 0.1) is 0 Å². The van der Waals surface area contributed by atoms with Gasteiger partial charge in [0.15, 0.2) is 0 Å². The molecule has 0 spiro atoms. The Bertz CT molecular complexity index is 513. The molecule has 0 aromatic carbocycles. The molecule has 2 fully saturated rings. The lowest BCUT2D eigenvalue weighted by Gasteiger charge is -2.16. The lowest BCUT2D eigenvalue weighted by molar-refractivity contribution is -0.121. The van der Waals surface area contributed by atoms with Crippen LogP contribution in [0.1, 0.15) is 25.7 Å². The zero-order valence-corrected chi connectivity index (χ0v) is 17.5. The number of urea groups is 1. The van der Waals surface area contributed by atoms with Crippen molar-refractivity contribution in [3.05, 3.63) is 0 Å². The Morgan fingerprint density at radius 1 is 1.10 bits per heavy atom. The minimum absolute atomic E-state index is 0.0405. The van der Waals surface area contributed by atoms with Crippen molar-refractivity contribution in [2.24, 2.45) is 0 Å². The van der Waals surface area contributed by atoms with Gasteiger partial charge in [0.25, 0.3) is 0 Å². The fourth-order valence-corrected chi connectivity index (χ4v) is 4.77. The van der Waals surface area contributed by atoms with Crippen LogP contribution in [0.15, 0.2) is 0 Å². The van der Waals surface area contributed by atoms with Crippen LogP contribution in [0.5, 0.6) is 0 Å². The molecule has 2 aliphatic rings. The van der Waals surface area contributed by atoms with Crippen LogP contribution in [0.3, 0.4) is 0 Å². The van der Waals surface area contributed by atoms with Gasteiger partial charge in [-0.15, -0.1) is 0 Å². The summed E-state index contributed by atoms with van der Waals surface area (Å²) in [5.74, 6) is 1.01. The highest BCUT2D eigenvalue weighted by Crippen LogP contribution is 2.33. The second-order valence-corrected chi connectivity index (χ2v) is 8.09. The second kappa shape index (κ2) is 14.4. The van der Waals surface area contributed by atoms with Crippen molar-refractivity contribution >= 4 is 30.1 Å². The molecular formula is C18H32N4O6S.